The molecule has 0 bridgehead atoms. The van der Waals surface area contributed by atoms with E-state index in [1.807, 2.05) is 31.2 Å². The molecule has 0 aliphatic carbocycles. The second kappa shape index (κ2) is 4.45. The Morgan fingerprint density at radius 1 is 1.46 bits per heavy atom. The van der Waals surface area contributed by atoms with Crippen molar-refractivity contribution >= 4 is 11.8 Å². The number of benzene rings is 1. The van der Waals surface area contributed by atoms with Crippen LogP contribution in [0.1, 0.15) is 18.1 Å². The highest BCUT2D eigenvalue weighted by Gasteiger charge is 1.87. The third-order valence-electron chi connectivity index (χ3n) is 1.72. The maximum Gasteiger partial charge on any atom is 0.0765 e. The summed E-state index contributed by atoms with van der Waals surface area (Å²) in [6.07, 6.45) is 3.69. The Morgan fingerprint density at radius 3 is 2.85 bits per heavy atom. The molecule has 0 saturated carbocycles. The Balaban J connectivity index is 2.80. The molecular weight excluding hydrogens is 162 g/mol. The summed E-state index contributed by atoms with van der Waals surface area (Å²) >= 11 is 0. The molecule has 0 aliphatic rings. The number of hydrogen-bond donors (Lipinski definition) is 1. The Bertz CT molecular complexity index is 340. The summed E-state index contributed by atoms with van der Waals surface area (Å²) in [6, 6.07) is 8.13. The van der Waals surface area contributed by atoms with E-state index in [0.29, 0.717) is 5.71 Å². The zero-order chi connectivity index (χ0) is 9.68. The van der Waals surface area contributed by atoms with Gasteiger partial charge in [0, 0.05) is 0 Å². The van der Waals surface area contributed by atoms with Gasteiger partial charge in [0.05, 0.1) is 5.71 Å². The molecule has 1 rings (SSSR count). The molecule has 0 heterocycles. The van der Waals surface area contributed by atoms with E-state index in [1.54, 1.807) is 13.0 Å². The van der Waals surface area contributed by atoms with E-state index < -0.39 is 0 Å². The number of allylic oxidation sites excluding steroid dienone is 1. The van der Waals surface area contributed by atoms with E-state index in [-0.39, 0.29) is 0 Å². The molecular formula is C11H13NO. The Morgan fingerprint density at radius 2 is 2.23 bits per heavy atom. The van der Waals surface area contributed by atoms with Gasteiger partial charge >= 0.3 is 0 Å². The number of nitrogens with zero attached hydrogens (tertiary/aromatic N) is 1. The van der Waals surface area contributed by atoms with Gasteiger partial charge in [-0.3, -0.25) is 0 Å². The van der Waals surface area contributed by atoms with E-state index in [0.717, 1.165) is 5.56 Å². The van der Waals surface area contributed by atoms with Gasteiger partial charge in [-0.2, -0.15) is 0 Å². The van der Waals surface area contributed by atoms with Crippen LogP contribution in [0.15, 0.2) is 35.5 Å². The van der Waals surface area contributed by atoms with Crippen LogP contribution in [-0.4, -0.2) is 10.9 Å². The SMILES string of the molecule is CC(/C=C/c1cccc(C)c1)=N\O. The molecule has 2 nitrogen and oxygen atoms in total. The lowest BCUT2D eigenvalue weighted by Crippen LogP contribution is -1.82. The Labute approximate surface area is 78.2 Å². The minimum absolute atomic E-state index is 0.599. The van der Waals surface area contributed by atoms with Crippen molar-refractivity contribution in [2.75, 3.05) is 0 Å². The molecule has 0 fully saturated rings. The minimum Gasteiger partial charge on any atom is -0.411 e. The van der Waals surface area contributed by atoms with Gasteiger partial charge in [0.2, 0.25) is 0 Å². The summed E-state index contributed by atoms with van der Waals surface area (Å²) in [6.45, 7) is 3.79. The molecule has 68 valence electrons. The molecule has 0 atom stereocenters. The molecule has 0 radical (unpaired) electrons. The molecule has 0 saturated heterocycles. The third kappa shape index (κ3) is 3.11. The van der Waals surface area contributed by atoms with E-state index in [4.69, 9.17) is 5.21 Å². The van der Waals surface area contributed by atoms with Crippen LogP contribution in [0.3, 0.4) is 0 Å². The average molecular weight is 175 g/mol. The molecule has 1 N–H and O–H groups in total. The first-order chi connectivity index (χ1) is 6.22. The van der Waals surface area contributed by atoms with Crippen molar-refractivity contribution in [3.05, 3.63) is 41.5 Å². The lowest BCUT2D eigenvalue weighted by atomic mass is 10.1. The average Bonchev–Trinajstić information content (AvgIpc) is 2.14. The Hall–Kier alpha value is -1.57. The maximum absolute atomic E-state index is 8.40. The van der Waals surface area contributed by atoms with Gasteiger partial charge < -0.3 is 5.21 Å². The highest BCUT2D eigenvalue weighted by Crippen LogP contribution is 2.05. The van der Waals surface area contributed by atoms with Crippen LogP contribution in [0, 0.1) is 6.92 Å². The van der Waals surface area contributed by atoms with Gasteiger partial charge in [0.25, 0.3) is 0 Å². The first kappa shape index (κ1) is 9.52. The second-order valence-corrected chi connectivity index (χ2v) is 2.99. The minimum atomic E-state index is 0.599. The first-order valence-corrected chi connectivity index (χ1v) is 4.16. The molecule has 0 aliphatic heterocycles. The van der Waals surface area contributed by atoms with Crippen molar-refractivity contribution in [1.82, 2.24) is 0 Å². The zero-order valence-corrected chi connectivity index (χ0v) is 7.86. The van der Waals surface area contributed by atoms with Crippen LogP contribution >= 0.6 is 0 Å². The van der Waals surface area contributed by atoms with Crippen LogP contribution in [0.5, 0.6) is 0 Å². The van der Waals surface area contributed by atoms with E-state index >= 15 is 0 Å². The van der Waals surface area contributed by atoms with Crippen LogP contribution in [-0.2, 0) is 0 Å². The van der Waals surface area contributed by atoms with Crippen molar-refractivity contribution in [2.24, 2.45) is 5.16 Å². The quantitative estimate of drug-likeness (QED) is 0.418. The Kier molecular flexibility index (Phi) is 3.26. The number of hydrogen-bond acceptors (Lipinski definition) is 2. The largest absolute Gasteiger partial charge is 0.411 e. The van der Waals surface area contributed by atoms with E-state index in [9.17, 15) is 0 Å². The van der Waals surface area contributed by atoms with Gasteiger partial charge in [0.15, 0.2) is 0 Å². The van der Waals surface area contributed by atoms with Gasteiger partial charge in [-0.1, -0.05) is 41.1 Å². The fourth-order valence-corrected chi connectivity index (χ4v) is 1.02. The number of aryl methyl sites for hydroxylation is 1. The van der Waals surface area contributed by atoms with Crippen LogP contribution in [0.4, 0.5) is 0 Å². The second-order valence-electron chi connectivity index (χ2n) is 2.99. The first-order valence-electron chi connectivity index (χ1n) is 4.16. The number of rotatable bonds is 2. The predicted octanol–water partition coefficient (Wildman–Crippen LogP) is 2.86. The number of oxime groups is 1. The van der Waals surface area contributed by atoms with Gasteiger partial charge in [-0.15, -0.1) is 0 Å². The van der Waals surface area contributed by atoms with Crippen molar-refractivity contribution < 1.29 is 5.21 Å². The summed E-state index contributed by atoms with van der Waals surface area (Å²) in [5.41, 5.74) is 2.94. The van der Waals surface area contributed by atoms with Crippen LogP contribution in [0.25, 0.3) is 6.08 Å². The maximum atomic E-state index is 8.40. The van der Waals surface area contributed by atoms with E-state index in [1.165, 1.54) is 5.56 Å². The lowest BCUT2D eigenvalue weighted by molar-refractivity contribution is 0.319. The lowest BCUT2D eigenvalue weighted by Gasteiger charge is -1.94. The summed E-state index contributed by atoms with van der Waals surface area (Å²) < 4.78 is 0. The molecule has 2 heteroatoms. The third-order valence-corrected chi connectivity index (χ3v) is 1.72. The van der Waals surface area contributed by atoms with Gasteiger partial charge in [-0.25, -0.2) is 0 Å². The molecule has 0 amide bonds. The van der Waals surface area contributed by atoms with Gasteiger partial charge in [-0.05, 0) is 25.5 Å². The molecule has 1 aromatic rings. The molecule has 0 spiro atoms. The molecule has 0 unspecified atom stereocenters. The topological polar surface area (TPSA) is 32.6 Å². The van der Waals surface area contributed by atoms with Gasteiger partial charge in [0.1, 0.15) is 0 Å². The molecule has 0 aromatic heterocycles. The predicted molar refractivity (Wildman–Crippen MR) is 55.1 cm³/mol. The van der Waals surface area contributed by atoms with Crippen molar-refractivity contribution in [3.8, 4) is 0 Å². The summed E-state index contributed by atoms with van der Waals surface area (Å²) in [5, 5.41) is 11.5. The standard InChI is InChI=1S/C11H13NO/c1-9-4-3-5-11(8-9)7-6-10(2)12-13/h3-8,13H,1-2H3/b7-6+,12-10+. The van der Waals surface area contributed by atoms with E-state index in [2.05, 4.69) is 11.2 Å². The summed E-state index contributed by atoms with van der Waals surface area (Å²) in [7, 11) is 0. The monoisotopic (exact) mass is 175 g/mol. The van der Waals surface area contributed by atoms with Crippen molar-refractivity contribution in [2.45, 2.75) is 13.8 Å². The van der Waals surface area contributed by atoms with Crippen molar-refractivity contribution in [1.29, 1.82) is 0 Å². The zero-order valence-electron chi connectivity index (χ0n) is 7.86. The smallest absolute Gasteiger partial charge is 0.0765 e. The normalized spacial score (nSPS) is 12.3. The van der Waals surface area contributed by atoms with Crippen LogP contribution in [0.2, 0.25) is 0 Å². The summed E-state index contributed by atoms with van der Waals surface area (Å²) in [5.74, 6) is 0. The fourth-order valence-electron chi connectivity index (χ4n) is 1.02. The van der Waals surface area contributed by atoms with Crippen LogP contribution < -0.4 is 0 Å². The molecule has 13 heavy (non-hydrogen) atoms. The highest BCUT2D eigenvalue weighted by molar-refractivity contribution is 5.95. The summed E-state index contributed by atoms with van der Waals surface area (Å²) in [4.78, 5) is 0. The highest BCUT2D eigenvalue weighted by atomic mass is 16.4. The van der Waals surface area contributed by atoms with Crippen molar-refractivity contribution in [3.63, 3.8) is 0 Å². The molecule has 1 aromatic carbocycles. The fraction of sp³-hybridized carbons (Fsp3) is 0.182.